The number of carboxylic acids is 1. The molecule has 1 aromatic heterocycles. The lowest BCUT2D eigenvalue weighted by atomic mass is 9.98. The van der Waals surface area contributed by atoms with E-state index in [0.29, 0.717) is 5.56 Å². The molecule has 3 aromatic rings. The fourth-order valence-corrected chi connectivity index (χ4v) is 5.14. The maximum absolute atomic E-state index is 13.0. The number of urea groups is 1. The number of nitrogens with zero attached hydrogens (tertiary/aromatic N) is 4. The summed E-state index contributed by atoms with van der Waals surface area (Å²) in [4.78, 5) is 31.8. The minimum atomic E-state index is -4.04. The van der Waals surface area contributed by atoms with Gasteiger partial charge in [-0.25, -0.2) is 9.59 Å². The Kier molecular flexibility index (Phi) is 4.72. The fraction of sp³-hybridized carbons (Fsp3) is 0.190. The average Bonchev–Trinajstić information content (AvgIpc) is 3.36. The van der Waals surface area contributed by atoms with Crippen LogP contribution in [0.3, 0.4) is 0 Å². The number of amides is 2. The van der Waals surface area contributed by atoms with Crippen molar-refractivity contribution in [3.63, 3.8) is 0 Å². The number of benzene rings is 2. The fourth-order valence-electron chi connectivity index (χ4n) is 3.97. The SMILES string of the molecule is O=C(O)C1c2nn(S(=O)(=O)c3ccccc3)cc2[C@H]2CN1C(=O)N2OCc1ccccc1. The molecule has 0 spiro atoms. The molecule has 1 saturated heterocycles. The number of carbonyl (C=O) groups excluding carboxylic acids is 1. The van der Waals surface area contributed by atoms with Gasteiger partial charge in [-0.1, -0.05) is 48.5 Å². The van der Waals surface area contributed by atoms with Crippen LogP contribution in [0.4, 0.5) is 4.79 Å². The van der Waals surface area contributed by atoms with Gasteiger partial charge in [-0.3, -0.25) is 4.84 Å². The third-order valence-electron chi connectivity index (χ3n) is 5.50. The van der Waals surface area contributed by atoms with E-state index in [9.17, 15) is 23.1 Å². The van der Waals surface area contributed by atoms with Gasteiger partial charge in [-0.05, 0) is 17.7 Å². The van der Waals surface area contributed by atoms with Crippen molar-refractivity contribution in [3.05, 3.63) is 83.7 Å². The highest BCUT2D eigenvalue weighted by atomic mass is 32.2. The number of carbonyl (C=O) groups is 2. The standard InChI is InChI=1S/C21H18N4O6S/c26-20(27)19-18-16(11-24(22-18)32(29,30)15-9-5-2-6-10-15)17-12-23(19)21(28)25(17)31-13-14-7-3-1-4-8-14/h1-11,17,19H,12-13H2,(H,26,27)/t17-,19?/m1/s1. The van der Waals surface area contributed by atoms with Crippen LogP contribution in [-0.2, 0) is 26.3 Å². The van der Waals surface area contributed by atoms with Gasteiger partial charge in [0.15, 0.2) is 6.04 Å². The number of fused-ring (bicyclic) bond motifs is 4. The summed E-state index contributed by atoms with van der Waals surface area (Å²) in [6.45, 7) is 0.148. The van der Waals surface area contributed by atoms with Gasteiger partial charge in [-0.15, -0.1) is 0 Å². The Morgan fingerprint density at radius 1 is 1.09 bits per heavy atom. The first-order chi connectivity index (χ1) is 15.4. The van der Waals surface area contributed by atoms with Gasteiger partial charge in [0, 0.05) is 11.8 Å². The Morgan fingerprint density at radius 3 is 2.41 bits per heavy atom. The zero-order valence-electron chi connectivity index (χ0n) is 16.6. The van der Waals surface area contributed by atoms with Crippen LogP contribution in [0.25, 0.3) is 0 Å². The average molecular weight is 454 g/mol. The molecule has 1 fully saturated rings. The molecule has 10 nitrogen and oxygen atoms in total. The summed E-state index contributed by atoms with van der Waals surface area (Å²) in [6, 6.07) is 14.2. The lowest BCUT2D eigenvalue weighted by Crippen LogP contribution is -2.38. The molecule has 5 rings (SSSR count). The van der Waals surface area contributed by atoms with Gasteiger partial charge in [-0.2, -0.15) is 22.7 Å². The highest BCUT2D eigenvalue weighted by Gasteiger charge is 2.53. The number of hydrogen-bond acceptors (Lipinski definition) is 6. The zero-order valence-corrected chi connectivity index (χ0v) is 17.4. The molecule has 1 unspecified atom stereocenters. The minimum absolute atomic E-state index is 0.00687. The molecule has 0 aliphatic carbocycles. The van der Waals surface area contributed by atoms with Crippen LogP contribution in [0, 0.1) is 0 Å². The second-order valence-corrected chi connectivity index (χ2v) is 9.23. The van der Waals surface area contributed by atoms with E-state index in [1.165, 1.54) is 18.3 Å². The molecule has 2 amide bonds. The summed E-state index contributed by atoms with van der Waals surface area (Å²) in [6.07, 6.45) is 1.27. The summed E-state index contributed by atoms with van der Waals surface area (Å²) in [5.74, 6) is -1.30. The van der Waals surface area contributed by atoms with Gasteiger partial charge in [0.25, 0.3) is 10.0 Å². The van der Waals surface area contributed by atoms with Crippen LogP contribution in [-0.4, -0.2) is 51.2 Å². The minimum Gasteiger partial charge on any atom is -0.479 e. The highest BCUT2D eigenvalue weighted by molar-refractivity contribution is 7.89. The molecular formula is C21H18N4O6S. The van der Waals surface area contributed by atoms with Crippen molar-refractivity contribution in [1.82, 2.24) is 19.1 Å². The lowest BCUT2D eigenvalue weighted by molar-refractivity contribution is -0.143. The summed E-state index contributed by atoms with van der Waals surface area (Å²) >= 11 is 0. The van der Waals surface area contributed by atoms with Crippen LogP contribution in [0.1, 0.15) is 28.9 Å². The topological polar surface area (TPSA) is 122 Å². The molecule has 0 radical (unpaired) electrons. The van der Waals surface area contributed by atoms with Crippen molar-refractivity contribution in [2.45, 2.75) is 23.6 Å². The normalized spacial score (nSPS) is 19.8. The second kappa shape index (κ2) is 7.46. The van der Waals surface area contributed by atoms with E-state index < -0.39 is 34.1 Å². The van der Waals surface area contributed by atoms with Crippen LogP contribution in [0.2, 0.25) is 0 Å². The molecule has 2 bridgehead atoms. The van der Waals surface area contributed by atoms with E-state index in [0.717, 1.165) is 19.6 Å². The zero-order chi connectivity index (χ0) is 22.5. The first-order valence-corrected chi connectivity index (χ1v) is 11.2. The van der Waals surface area contributed by atoms with Crippen molar-refractivity contribution >= 4 is 22.0 Å². The maximum Gasteiger partial charge on any atom is 0.345 e. The van der Waals surface area contributed by atoms with Crippen molar-refractivity contribution < 1.29 is 28.0 Å². The molecule has 2 aromatic carbocycles. The predicted octanol–water partition coefficient (Wildman–Crippen LogP) is 2.17. The number of rotatable bonds is 6. The second-order valence-electron chi connectivity index (χ2n) is 7.44. The molecule has 3 heterocycles. The van der Waals surface area contributed by atoms with Crippen molar-refractivity contribution in [3.8, 4) is 0 Å². The highest BCUT2D eigenvalue weighted by Crippen LogP contribution is 2.44. The van der Waals surface area contributed by atoms with Crippen LogP contribution in [0.5, 0.6) is 0 Å². The smallest absolute Gasteiger partial charge is 0.345 e. The van der Waals surface area contributed by atoms with E-state index in [2.05, 4.69) is 5.10 Å². The largest absolute Gasteiger partial charge is 0.479 e. The Hall–Kier alpha value is -3.70. The Balaban J connectivity index is 1.53. The monoisotopic (exact) mass is 454 g/mol. The Morgan fingerprint density at radius 2 is 1.75 bits per heavy atom. The van der Waals surface area contributed by atoms with Gasteiger partial charge in [0.1, 0.15) is 18.3 Å². The summed E-state index contributed by atoms with van der Waals surface area (Å²) in [5, 5.41) is 15.0. The summed E-state index contributed by atoms with van der Waals surface area (Å²) in [5.41, 5.74) is 1.16. The molecule has 32 heavy (non-hydrogen) atoms. The molecular weight excluding hydrogens is 436 g/mol. The number of hydroxylamine groups is 2. The molecule has 164 valence electrons. The number of aliphatic carboxylic acids is 1. The van der Waals surface area contributed by atoms with Gasteiger partial charge >= 0.3 is 12.0 Å². The van der Waals surface area contributed by atoms with Gasteiger partial charge in [0.2, 0.25) is 0 Å². The quantitative estimate of drug-likeness (QED) is 0.606. The van der Waals surface area contributed by atoms with Crippen LogP contribution >= 0.6 is 0 Å². The van der Waals surface area contributed by atoms with Crippen molar-refractivity contribution in [1.29, 1.82) is 0 Å². The third kappa shape index (κ3) is 3.13. The molecule has 2 aliphatic rings. The summed E-state index contributed by atoms with van der Waals surface area (Å²) in [7, 11) is -4.04. The van der Waals surface area contributed by atoms with E-state index in [-0.39, 0.29) is 23.7 Å². The van der Waals surface area contributed by atoms with Crippen LogP contribution in [0.15, 0.2) is 71.8 Å². The first kappa shape index (κ1) is 20.2. The summed E-state index contributed by atoms with van der Waals surface area (Å²) < 4.78 is 26.8. The molecule has 0 saturated carbocycles. The first-order valence-electron chi connectivity index (χ1n) is 9.77. The van der Waals surface area contributed by atoms with E-state index in [4.69, 9.17) is 4.84 Å². The number of hydrogen-bond donors (Lipinski definition) is 1. The Bertz CT molecular complexity index is 1290. The van der Waals surface area contributed by atoms with Crippen LogP contribution < -0.4 is 0 Å². The third-order valence-corrected chi connectivity index (χ3v) is 7.05. The molecule has 2 atom stereocenters. The van der Waals surface area contributed by atoms with Crippen molar-refractivity contribution in [2.24, 2.45) is 0 Å². The van der Waals surface area contributed by atoms with Crippen molar-refractivity contribution in [2.75, 3.05) is 6.54 Å². The van der Waals surface area contributed by atoms with Gasteiger partial charge < -0.3 is 10.0 Å². The lowest BCUT2D eigenvalue weighted by Gasteiger charge is -2.26. The van der Waals surface area contributed by atoms with E-state index in [1.807, 2.05) is 30.3 Å². The number of aromatic nitrogens is 2. The maximum atomic E-state index is 13.0. The molecule has 11 heteroatoms. The number of carboxylic acid groups (broad SMARTS) is 1. The predicted molar refractivity (Wildman–Crippen MR) is 110 cm³/mol. The van der Waals surface area contributed by atoms with E-state index >= 15 is 0 Å². The molecule has 2 aliphatic heterocycles. The Labute approximate surface area is 183 Å². The molecule has 1 N–H and O–H groups in total. The van der Waals surface area contributed by atoms with E-state index in [1.54, 1.807) is 18.2 Å². The van der Waals surface area contributed by atoms with Gasteiger partial charge in [0.05, 0.1) is 11.4 Å².